The van der Waals surface area contributed by atoms with Crippen molar-refractivity contribution >= 4 is 11.3 Å². The normalized spacial score (nSPS) is 29.8. The fourth-order valence-electron chi connectivity index (χ4n) is 2.85. The van der Waals surface area contributed by atoms with Gasteiger partial charge in [-0.3, -0.25) is 0 Å². The highest BCUT2D eigenvalue weighted by Crippen LogP contribution is 2.41. The summed E-state index contributed by atoms with van der Waals surface area (Å²) in [6.45, 7) is 6.80. The number of nitrogens with one attached hydrogen (secondary N) is 1. The van der Waals surface area contributed by atoms with E-state index in [1.807, 2.05) is 11.3 Å². The number of aromatic nitrogens is 1. The Hall–Kier alpha value is -0.410. The van der Waals surface area contributed by atoms with Crippen LogP contribution in [-0.2, 0) is 5.54 Å². The first-order chi connectivity index (χ1) is 8.07. The van der Waals surface area contributed by atoms with Crippen LogP contribution in [0.25, 0.3) is 0 Å². The zero-order valence-corrected chi connectivity index (χ0v) is 12.2. The quantitative estimate of drug-likeness (QED) is 0.882. The van der Waals surface area contributed by atoms with Crippen LogP contribution in [-0.4, -0.2) is 12.0 Å². The number of hydrogen-bond donors (Lipinski definition) is 1. The molecule has 1 saturated carbocycles. The van der Waals surface area contributed by atoms with Gasteiger partial charge in [-0.05, 0) is 31.7 Å². The van der Waals surface area contributed by atoms with Crippen molar-refractivity contribution in [3.8, 4) is 0 Å². The zero-order valence-electron chi connectivity index (χ0n) is 11.4. The van der Waals surface area contributed by atoms with E-state index in [4.69, 9.17) is 4.98 Å². The van der Waals surface area contributed by atoms with Gasteiger partial charge < -0.3 is 5.32 Å². The van der Waals surface area contributed by atoms with Crippen molar-refractivity contribution in [1.82, 2.24) is 10.3 Å². The molecule has 3 heteroatoms. The highest BCUT2D eigenvalue weighted by molar-refractivity contribution is 7.09. The Morgan fingerprint density at radius 3 is 2.82 bits per heavy atom. The molecule has 0 aromatic carbocycles. The lowest BCUT2D eigenvalue weighted by molar-refractivity contribution is 0.199. The average Bonchev–Trinajstić information content (AvgIpc) is 2.78. The van der Waals surface area contributed by atoms with E-state index in [0.29, 0.717) is 5.92 Å². The highest BCUT2D eigenvalue weighted by Gasteiger charge is 2.37. The molecule has 1 aromatic heterocycles. The standard InChI is InChI=1S/C14H24N2S/c1-10(2)12-9-17-13(16-12)14(15-4)7-5-6-11(3)8-14/h9-11,15H,5-8H2,1-4H3. The van der Waals surface area contributed by atoms with Crippen LogP contribution < -0.4 is 5.32 Å². The second-order valence-corrected chi connectivity index (χ2v) is 6.62. The molecule has 1 fully saturated rings. The van der Waals surface area contributed by atoms with E-state index < -0.39 is 0 Å². The molecule has 1 aliphatic carbocycles. The Morgan fingerprint density at radius 1 is 1.53 bits per heavy atom. The topological polar surface area (TPSA) is 24.9 Å². The van der Waals surface area contributed by atoms with E-state index >= 15 is 0 Å². The number of nitrogens with zero attached hydrogens (tertiary/aromatic N) is 1. The molecule has 1 N–H and O–H groups in total. The molecule has 2 rings (SSSR count). The lowest BCUT2D eigenvalue weighted by Gasteiger charge is -2.38. The first kappa shape index (κ1) is 13.0. The maximum absolute atomic E-state index is 4.87. The van der Waals surface area contributed by atoms with E-state index in [-0.39, 0.29) is 5.54 Å². The molecular weight excluding hydrogens is 228 g/mol. The third-order valence-electron chi connectivity index (χ3n) is 4.00. The number of rotatable bonds is 3. The summed E-state index contributed by atoms with van der Waals surface area (Å²) in [5, 5.41) is 7.10. The van der Waals surface area contributed by atoms with Gasteiger partial charge in [0.1, 0.15) is 5.01 Å². The molecule has 0 amide bonds. The van der Waals surface area contributed by atoms with E-state index in [2.05, 4.69) is 38.5 Å². The van der Waals surface area contributed by atoms with Gasteiger partial charge in [0.2, 0.25) is 0 Å². The van der Waals surface area contributed by atoms with Crippen molar-refractivity contribution in [2.45, 2.75) is 57.9 Å². The summed E-state index contributed by atoms with van der Waals surface area (Å²) in [4.78, 5) is 4.87. The van der Waals surface area contributed by atoms with Gasteiger partial charge in [0.05, 0.1) is 11.2 Å². The molecule has 2 unspecified atom stereocenters. The largest absolute Gasteiger partial charge is 0.308 e. The molecular formula is C14H24N2S. The number of thiazole rings is 1. The van der Waals surface area contributed by atoms with Gasteiger partial charge in [0, 0.05) is 5.38 Å². The Kier molecular flexibility index (Phi) is 3.88. The second kappa shape index (κ2) is 5.07. The molecule has 17 heavy (non-hydrogen) atoms. The first-order valence-electron chi connectivity index (χ1n) is 6.72. The Bertz CT molecular complexity index is 372. The predicted octanol–water partition coefficient (Wildman–Crippen LogP) is 3.89. The maximum Gasteiger partial charge on any atom is 0.113 e. The average molecular weight is 252 g/mol. The summed E-state index contributed by atoms with van der Waals surface area (Å²) in [6, 6.07) is 0. The van der Waals surface area contributed by atoms with Crippen LogP contribution in [0, 0.1) is 5.92 Å². The molecule has 96 valence electrons. The van der Waals surface area contributed by atoms with Crippen LogP contribution in [0.3, 0.4) is 0 Å². The van der Waals surface area contributed by atoms with Gasteiger partial charge in [-0.15, -0.1) is 11.3 Å². The molecule has 2 atom stereocenters. The van der Waals surface area contributed by atoms with E-state index in [1.165, 1.54) is 36.4 Å². The van der Waals surface area contributed by atoms with E-state index in [1.54, 1.807) is 0 Å². The zero-order chi connectivity index (χ0) is 12.5. The molecule has 0 radical (unpaired) electrons. The fourth-order valence-corrected chi connectivity index (χ4v) is 4.08. The van der Waals surface area contributed by atoms with Gasteiger partial charge in [0.15, 0.2) is 0 Å². The molecule has 1 aromatic rings. The van der Waals surface area contributed by atoms with Crippen LogP contribution in [0.1, 0.15) is 63.1 Å². The Balaban J connectivity index is 2.26. The minimum absolute atomic E-state index is 0.148. The molecule has 0 aliphatic heterocycles. The summed E-state index contributed by atoms with van der Waals surface area (Å²) < 4.78 is 0. The predicted molar refractivity (Wildman–Crippen MR) is 74.6 cm³/mol. The van der Waals surface area contributed by atoms with Gasteiger partial charge >= 0.3 is 0 Å². The Morgan fingerprint density at radius 2 is 2.29 bits per heavy atom. The molecule has 0 spiro atoms. The van der Waals surface area contributed by atoms with Crippen LogP contribution in [0.2, 0.25) is 0 Å². The third kappa shape index (κ3) is 2.55. The van der Waals surface area contributed by atoms with Crippen LogP contribution >= 0.6 is 11.3 Å². The SMILES string of the molecule is CNC1(c2nc(C(C)C)cs2)CCCC(C)C1. The molecule has 1 heterocycles. The van der Waals surface area contributed by atoms with Gasteiger partial charge in [-0.1, -0.05) is 33.6 Å². The van der Waals surface area contributed by atoms with Crippen LogP contribution in [0.5, 0.6) is 0 Å². The van der Waals surface area contributed by atoms with E-state index in [0.717, 1.165) is 5.92 Å². The third-order valence-corrected chi connectivity index (χ3v) is 5.06. The van der Waals surface area contributed by atoms with Gasteiger partial charge in [0.25, 0.3) is 0 Å². The lowest BCUT2D eigenvalue weighted by atomic mass is 9.77. The first-order valence-corrected chi connectivity index (χ1v) is 7.60. The molecule has 0 bridgehead atoms. The van der Waals surface area contributed by atoms with Gasteiger partial charge in [-0.25, -0.2) is 4.98 Å². The van der Waals surface area contributed by atoms with Crippen LogP contribution in [0.4, 0.5) is 0 Å². The summed E-state index contributed by atoms with van der Waals surface area (Å²) in [7, 11) is 2.09. The number of hydrogen-bond acceptors (Lipinski definition) is 3. The van der Waals surface area contributed by atoms with Crippen molar-refractivity contribution in [3.05, 3.63) is 16.1 Å². The highest BCUT2D eigenvalue weighted by atomic mass is 32.1. The second-order valence-electron chi connectivity index (χ2n) is 5.77. The summed E-state index contributed by atoms with van der Waals surface area (Å²) in [6.07, 6.45) is 5.15. The molecule has 0 saturated heterocycles. The van der Waals surface area contributed by atoms with Crippen molar-refractivity contribution in [2.75, 3.05) is 7.05 Å². The Labute approximate surface area is 109 Å². The summed E-state index contributed by atoms with van der Waals surface area (Å²) in [5.41, 5.74) is 1.40. The smallest absolute Gasteiger partial charge is 0.113 e. The minimum Gasteiger partial charge on any atom is -0.308 e. The van der Waals surface area contributed by atoms with Gasteiger partial charge in [-0.2, -0.15) is 0 Å². The monoisotopic (exact) mass is 252 g/mol. The minimum atomic E-state index is 0.148. The van der Waals surface area contributed by atoms with Crippen molar-refractivity contribution < 1.29 is 0 Å². The molecule has 2 nitrogen and oxygen atoms in total. The maximum atomic E-state index is 4.87. The summed E-state index contributed by atoms with van der Waals surface area (Å²) in [5.74, 6) is 1.34. The summed E-state index contributed by atoms with van der Waals surface area (Å²) >= 11 is 1.84. The fraction of sp³-hybridized carbons (Fsp3) is 0.786. The van der Waals surface area contributed by atoms with E-state index in [9.17, 15) is 0 Å². The van der Waals surface area contributed by atoms with Crippen LogP contribution in [0.15, 0.2) is 5.38 Å². The van der Waals surface area contributed by atoms with Crippen molar-refractivity contribution in [2.24, 2.45) is 5.92 Å². The lowest BCUT2D eigenvalue weighted by Crippen LogP contribution is -2.43. The van der Waals surface area contributed by atoms with Crippen molar-refractivity contribution in [1.29, 1.82) is 0 Å². The molecule has 1 aliphatic rings. The van der Waals surface area contributed by atoms with Crippen molar-refractivity contribution in [3.63, 3.8) is 0 Å².